The summed E-state index contributed by atoms with van der Waals surface area (Å²) in [7, 11) is 1.88. The number of hydrogen-bond donors (Lipinski definition) is 3. The molecular formula is C23H28N8O. The summed E-state index contributed by atoms with van der Waals surface area (Å²) in [6.45, 7) is 5.93. The van der Waals surface area contributed by atoms with Gasteiger partial charge in [0.1, 0.15) is 5.52 Å². The van der Waals surface area contributed by atoms with Crippen LogP contribution < -0.4 is 16.0 Å². The molecule has 1 atom stereocenters. The highest BCUT2D eigenvalue weighted by molar-refractivity contribution is 6.13. The third-order valence-electron chi connectivity index (χ3n) is 5.94. The van der Waals surface area contributed by atoms with Crippen molar-refractivity contribution in [2.24, 2.45) is 7.05 Å². The number of aryl methyl sites for hydroxylation is 3. The predicted molar refractivity (Wildman–Crippen MR) is 125 cm³/mol. The number of amides is 1. The molecule has 5 rings (SSSR count). The Labute approximate surface area is 186 Å². The average Bonchev–Trinajstić information content (AvgIpc) is 3.23. The smallest absolute Gasteiger partial charge is 0.259 e. The van der Waals surface area contributed by atoms with E-state index in [-0.39, 0.29) is 5.91 Å². The third-order valence-corrected chi connectivity index (χ3v) is 5.94. The SMILES string of the molecule is Cc1cn2cc(NC(=O)c3ccc(NC4CCCNCC4)c4cn(C)nc34)nc2c(C)n1. The number of benzene rings is 1. The number of nitrogens with zero attached hydrogens (tertiary/aromatic N) is 5. The summed E-state index contributed by atoms with van der Waals surface area (Å²) in [5.74, 6) is 0.257. The Balaban J connectivity index is 1.44. The van der Waals surface area contributed by atoms with Crippen LogP contribution in [0.25, 0.3) is 16.6 Å². The van der Waals surface area contributed by atoms with Gasteiger partial charge in [-0.3, -0.25) is 14.5 Å². The second-order valence-corrected chi connectivity index (χ2v) is 8.53. The Morgan fingerprint density at radius 2 is 2.00 bits per heavy atom. The van der Waals surface area contributed by atoms with E-state index in [1.54, 1.807) is 10.9 Å². The molecule has 4 heterocycles. The van der Waals surface area contributed by atoms with Crippen LogP contribution in [-0.2, 0) is 7.05 Å². The van der Waals surface area contributed by atoms with Gasteiger partial charge in [0.25, 0.3) is 5.91 Å². The Kier molecular flexibility index (Phi) is 5.26. The fraction of sp³-hybridized carbons (Fsp3) is 0.391. The van der Waals surface area contributed by atoms with E-state index >= 15 is 0 Å². The van der Waals surface area contributed by atoms with Gasteiger partial charge < -0.3 is 20.4 Å². The van der Waals surface area contributed by atoms with Crippen molar-refractivity contribution in [1.29, 1.82) is 0 Å². The van der Waals surface area contributed by atoms with Crippen LogP contribution in [0.15, 0.2) is 30.7 Å². The molecule has 166 valence electrons. The van der Waals surface area contributed by atoms with Crippen molar-refractivity contribution >= 4 is 34.0 Å². The standard InChI is InChI=1S/C23H28N8O/c1-14-11-31-13-20(27-22(31)15(2)25-14)28-23(32)17-6-7-19(18-12-30(3)29-21(17)18)26-16-5-4-9-24-10-8-16/h6-7,11-13,16,24,26H,4-5,8-10H2,1-3H3,(H,28,32). The molecule has 1 aliphatic heterocycles. The number of imidazole rings is 1. The lowest BCUT2D eigenvalue weighted by Crippen LogP contribution is -2.21. The molecule has 9 nitrogen and oxygen atoms in total. The van der Waals surface area contributed by atoms with E-state index in [1.165, 1.54) is 0 Å². The molecule has 3 N–H and O–H groups in total. The molecule has 1 aromatic carbocycles. The van der Waals surface area contributed by atoms with Crippen LogP contribution in [0.3, 0.4) is 0 Å². The molecular weight excluding hydrogens is 404 g/mol. The number of carbonyl (C=O) groups is 1. The predicted octanol–water partition coefficient (Wildman–Crippen LogP) is 3.04. The Morgan fingerprint density at radius 3 is 2.88 bits per heavy atom. The average molecular weight is 433 g/mol. The first-order chi connectivity index (χ1) is 15.5. The number of rotatable bonds is 4. The van der Waals surface area contributed by atoms with Crippen LogP contribution in [-0.4, -0.2) is 49.2 Å². The molecule has 4 aromatic rings. The van der Waals surface area contributed by atoms with E-state index in [0.29, 0.717) is 22.9 Å². The van der Waals surface area contributed by atoms with Crippen molar-refractivity contribution in [1.82, 2.24) is 29.5 Å². The lowest BCUT2D eigenvalue weighted by atomic mass is 10.1. The number of fused-ring (bicyclic) bond motifs is 2. The van der Waals surface area contributed by atoms with Crippen molar-refractivity contribution < 1.29 is 4.79 Å². The summed E-state index contributed by atoms with van der Waals surface area (Å²) in [4.78, 5) is 22.1. The van der Waals surface area contributed by atoms with Gasteiger partial charge in [-0.25, -0.2) is 4.98 Å². The molecule has 1 unspecified atom stereocenters. The number of aromatic nitrogens is 5. The van der Waals surface area contributed by atoms with Gasteiger partial charge >= 0.3 is 0 Å². The summed E-state index contributed by atoms with van der Waals surface area (Å²) in [5.41, 5.74) is 4.67. The van der Waals surface area contributed by atoms with Gasteiger partial charge in [0.2, 0.25) is 0 Å². The summed E-state index contributed by atoms with van der Waals surface area (Å²) in [5, 5.41) is 15.6. The quantitative estimate of drug-likeness (QED) is 0.458. The number of anilines is 2. The third kappa shape index (κ3) is 3.91. The van der Waals surface area contributed by atoms with E-state index in [2.05, 4.69) is 31.0 Å². The summed E-state index contributed by atoms with van der Waals surface area (Å²) in [6, 6.07) is 4.24. The maximum absolute atomic E-state index is 13.2. The normalized spacial score (nSPS) is 16.9. The first kappa shape index (κ1) is 20.4. The van der Waals surface area contributed by atoms with Crippen LogP contribution in [0.4, 0.5) is 11.5 Å². The number of nitrogens with one attached hydrogen (secondary N) is 3. The van der Waals surface area contributed by atoms with Gasteiger partial charge in [0.15, 0.2) is 11.5 Å². The minimum absolute atomic E-state index is 0.232. The van der Waals surface area contributed by atoms with Crippen LogP contribution in [0.5, 0.6) is 0 Å². The molecule has 1 saturated heterocycles. The first-order valence-electron chi connectivity index (χ1n) is 11.1. The molecule has 32 heavy (non-hydrogen) atoms. The zero-order valence-corrected chi connectivity index (χ0v) is 18.6. The lowest BCUT2D eigenvalue weighted by molar-refractivity contribution is 0.102. The topological polar surface area (TPSA) is 101 Å². The minimum Gasteiger partial charge on any atom is -0.382 e. The molecule has 0 aliphatic carbocycles. The van der Waals surface area contributed by atoms with Gasteiger partial charge in [-0.2, -0.15) is 5.10 Å². The van der Waals surface area contributed by atoms with E-state index in [9.17, 15) is 4.79 Å². The van der Waals surface area contributed by atoms with Crippen LogP contribution in [0.1, 0.15) is 41.0 Å². The molecule has 3 aromatic heterocycles. The Hall–Kier alpha value is -3.46. The maximum atomic E-state index is 13.2. The molecule has 1 aliphatic rings. The monoisotopic (exact) mass is 432 g/mol. The van der Waals surface area contributed by atoms with E-state index in [4.69, 9.17) is 0 Å². The van der Waals surface area contributed by atoms with Gasteiger partial charge in [-0.05, 0) is 58.3 Å². The van der Waals surface area contributed by atoms with Gasteiger partial charge in [0.05, 0.1) is 23.1 Å². The van der Waals surface area contributed by atoms with Crippen molar-refractivity contribution in [2.45, 2.75) is 39.2 Å². The van der Waals surface area contributed by atoms with E-state index in [0.717, 1.165) is 60.5 Å². The zero-order chi connectivity index (χ0) is 22.2. The Bertz CT molecular complexity index is 1300. The fourth-order valence-electron chi connectivity index (χ4n) is 4.46. The fourth-order valence-corrected chi connectivity index (χ4v) is 4.46. The second-order valence-electron chi connectivity index (χ2n) is 8.53. The van der Waals surface area contributed by atoms with Crippen LogP contribution in [0.2, 0.25) is 0 Å². The molecule has 9 heteroatoms. The molecule has 0 radical (unpaired) electrons. The highest BCUT2D eigenvalue weighted by atomic mass is 16.1. The molecule has 0 bridgehead atoms. The van der Waals surface area contributed by atoms with Gasteiger partial charge in [-0.1, -0.05) is 0 Å². The van der Waals surface area contributed by atoms with Gasteiger partial charge in [-0.15, -0.1) is 0 Å². The highest BCUT2D eigenvalue weighted by Crippen LogP contribution is 2.28. The molecule has 1 fully saturated rings. The molecule has 1 amide bonds. The van der Waals surface area contributed by atoms with E-state index in [1.807, 2.05) is 49.8 Å². The summed E-state index contributed by atoms with van der Waals surface area (Å²) < 4.78 is 3.64. The first-order valence-corrected chi connectivity index (χ1v) is 11.1. The lowest BCUT2D eigenvalue weighted by Gasteiger charge is -2.18. The largest absolute Gasteiger partial charge is 0.382 e. The number of carbonyl (C=O) groups excluding carboxylic acids is 1. The van der Waals surface area contributed by atoms with Crippen molar-refractivity contribution in [3.05, 3.63) is 47.7 Å². The van der Waals surface area contributed by atoms with Crippen LogP contribution >= 0.6 is 0 Å². The Morgan fingerprint density at radius 1 is 1.12 bits per heavy atom. The van der Waals surface area contributed by atoms with Crippen LogP contribution in [0, 0.1) is 13.8 Å². The molecule has 0 saturated carbocycles. The zero-order valence-electron chi connectivity index (χ0n) is 18.6. The summed E-state index contributed by atoms with van der Waals surface area (Å²) in [6.07, 6.45) is 9.02. The summed E-state index contributed by atoms with van der Waals surface area (Å²) >= 11 is 0. The second kappa shape index (κ2) is 8.23. The van der Waals surface area contributed by atoms with E-state index < -0.39 is 0 Å². The van der Waals surface area contributed by atoms with Gasteiger partial charge in [0, 0.05) is 36.6 Å². The minimum atomic E-state index is -0.232. The van der Waals surface area contributed by atoms with Crippen molar-refractivity contribution in [3.63, 3.8) is 0 Å². The highest BCUT2D eigenvalue weighted by Gasteiger charge is 2.19. The number of hydrogen-bond acceptors (Lipinski definition) is 6. The maximum Gasteiger partial charge on any atom is 0.259 e. The van der Waals surface area contributed by atoms with Crippen molar-refractivity contribution in [3.8, 4) is 0 Å². The van der Waals surface area contributed by atoms with Crippen molar-refractivity contribution in [2.75, 3.05) is 23.7 Å². The molecule has 0 spiro atoms.